The quantitative estimate of drug-likeness (QED) is 0.373. The number of hydrogen-bond acceptors (Lipinski definition) is 5. The third kappa shape index (κ3) is 7.83. The average molecular weight is 550 g/mol. The molecule has 0 heterocycles. The zero-order chi connectivity index (χ0) is 27.8. The number of rotatable bonds is 11. The lowest BCUT2D eigenvalue weighted by atomic mass is 10.1. The highest BCUT2D eigenvalue weighted by Gasteiger charge is 2.31. The van der Waals surface area contributed by atoms with Crippen LogP contribution in [0.3, 0.4) is 0 Å². The molecule has 0 bridgehead atoms. The van der Waals surface area contributed by atoms with E-state index >= 15 is 0 Å². The van der Waals surface area contributed by atoms with Crippen LogP contribution in [0.15, 0.2) is 84.9 Å². The topological polar surface area (TPSA) is 96.0 Å². The van der Waals surface area contributed by atoms with Gasteiger partial charge in [-0.25, -0.2) is 8.42 Å². The van der Waals surface area contributed by atoms with Crippen molar-refractivity contribution in [2.75, 3.05) is 17.1 Å². The SMILES string of the molecule is CC(C(=O)NC1CCCC1)N(Cc1ccccc1)C(=O)CN(c1ccc(Oc2ccccc2)cc1)S(C)(=O)=O. The van der Waals surface area contributed by atoms with Crippen molar-refractivity contribution in [3.63, 3.8) is 0 Å². The molecule has 1 N–H and O–H groups in total. The lowest BCUT2D eigenvalue weighted by Gasteiger charge is -2.32. The van der Waals surface area contributed by atoms with Gasteiger partial charge in [0, 0.05) is 12.6 Å². The Bertz CT molecular complexity index is 1340. The molecule has 1 atom stereocenters. The van der Waals surface area contributed by atoms with Crippen molar-refractivity contribution in [3.8, 4) is 11.5 Å². The van der Waals surface area contributed by atoms with E-state index in [-0.39, 0.29) is 18.5 Å². The van der Waals surface area contributed by atoms with Gasteiger partial charge in [0.15, 0.2) is 0 Å². The Morgan fingerprint density at radius 3 is 2.05 bits per heavy atom. The number of nitrogens with one attached hydrogen (secondary N) is 1. The summed E-state index contributed by atoms with van der Waals surface area (Å²) >= 11 is 0. The third-order valence-electron chi connectivity index (χ3n) is 6.85. The summed E-state index contributed by atoms with van der Waals surface area (Å²) in [5.74, 6) is 0.483. The summed E-state index contributed by atoms with van der Waals surface area (Å²) < 4.78 is 32.5. The smallest absolute Gasteiger partial charge is 0.244 e. The van der Waals surface area contributed by atoms with E-state index in [1.54, 1.807) is 31.2 Å². The van der Waals surface area contributed by atoms with Gasteiger partial charge in [-0.3, -0.25) is 13.9 Å². The largest absolute Gasteiger partial charge is 0.457 e. The maximum Gasteiger partial charge on any atom is 0.244 e. The number of para-hydroxylation sites is 1. The van der Waals surface area contributed by atoms with Gasteiger partial charge in [0.25, 0.3) is 0 Å². The predicted octanol–water partition coefficient (Wildman–Crippen LogP) is 4.72. The summed E-state index contributed by atoms with van der Waals surface area (Å²) in [6, 6.07) is 24.5. The Morgan fingerprint density at radius 2 is 1.46 bits per heavy atom. The summed E-state index contributed by atoms with van der Waals surface area (Å²) in [5, 5.41) is 3.06. The average Bonchev–Trinajstić information content (AvgIpc) is 3.44. The number of hydrogen-bond donors (Lipinski definition) is 1. The van der Waals surface area contributed by atoms with Crippen LogP contribution in [0.25, 0.3) is 0 Å². The second-order valence-corrected chi connectivity index (χ2v) is 11.8. The fraction of sp³-hybridized carbons (Fsp3) is 0.333. The molecule has 0 radical (unpaired) electrons. The normalized spacial score (nSPS) is 14.4. The molecule has 9 heteroatoms. The molecule has 4 rings (SSSR count). The van der Waals surface area contributed by atoms with E-state index in [4.69, 9.17) is 4.74 Å². The van der Waals surface area contributed by atoms with Crippen LogP contribution in [0.4, 0.5) is 5.69 Å². The second kappa shape index (κ2) is 12.8. The zero-order valence-electron chi connectivity index (χ0n) is 22.3. The van der Waals surface area contributed by atoms with Crippen molar-refractivity contribution in [2.45, 2.75) is 51.2 Å². The lowest BCUT2D eigenvalue weighted by Crippen LogP contribution is -2.52. The van der Waals surface area contributed by atoms with Gasteiger partial charge >= 0.3 is 0 Å². The molecule has 0 saturated heterocycles. The monoisotopic (exact) mass is 549 g/mol. The van der Waals surface area contributed by atoms with Crippen LogP contribution in [0.2, 0.25) is 0 Å². The number of benzene rings is 3. The summed E-state index contributed by atoms with van der Waals surface area (Å²) in [6.07, 6.45) is 5.06. The van der Waals surface area contributed by atoms with Crippen molar-refractivity contribution in [1.29, 1.82) is 0 Å². The Kier molecular flexibility index (Phi) is 9.24. The molecule has 8 nitrogen and oxygen atoms in total. The number of nitrogens with zero attached hydrogens (tertiary/aromatic N) is 2. The molecule has 1 fully saturated rings. The number of ether oxygens (including phenoxy) is 1. The number of anilines is 1. The van der Waals surface area contributed by atoms with Crippen molar-refractivity contribution >= 4 is 27.5 Å². The highest BCUT2D eigenvalue weighted by molar-refractivity contribution is 7.92. The minimum Gasteiger partial charge on any atom is -0.457 e. The summed E-state index contributed by atoms with van der Waals surface area (Å²) in [7, 11) is -3.81. The number of sulfonamides is 1. The van der Waals surface area contributed by atoms with Crippen LogP contribution in [0.5, 0.6) is 11.5 Å². The lowest BCUT2D eigenvalue weighted by molar-refractivity contribution is -0.139. The zero-order valence-corrected chi connectivity index (χ0v) is 23.1. The molecule has 3 aromatic rings. The van der Waals surface area contributed by atoms with Gasteiger partial charge in [-0.15, -0.1) is 0 Å². The van der Waals surface area contributed by atoms with E-state index < -0.39 is 28.5 Å². The minimum absolute atomic E-state index is 0.109. The molecule has 206 valence electrons. The molecular formula is C30H35N3O5S. The van der Waals surface area contributed by atoms with Gasteiger partial charge < -0.3 is 15.0 Å². The first-order valence-corrected chi connectivity index (χ1v) is 15.0. The molecular weight excluding hydrogens is 514 g/mol. The molecule has 39 heavy (non-hydrogen) atoms. The van der Waals surface area contributed by atoms with Gasteiger partial charge in [-0.05, 0) is 61.7 Å². The summed E-state index contributed by atoms with van der Waals surface area (Å²) in [6.45, 7) is 1.43. The Morgan fingerprint density at radius 1 is 0.897 bits per heavy atom. The number of carbonyl (C=O) groups is 2. The number of amides is 2. The van der Waals surface area contributed by atoms with E-state index in [2.05, 4.69) is 5.32 Å². The third-order valence-corrected chi connectivity index (χ3v) is 7.99. The fourth-order valence-corrected chi connectivity index (χ4v) is 5.52. The first-order valence-electron chi connectivity index (χ1n) is 13.1. The van der Waals surface area contributed by atoms with Crippen molar-refractivity contribution in [1.82, 2.24) is 10.2 Å². The maximum atomic E-state index is 13.7. The van der Waals surface area contributed by atoms with Gasteiger partial charge in [0.1, 0.15) is 24.1 Å². The van der Waals surface area contributed by atoms with Crippen LogP contribution in [0, 0.1) is 0 Å². The van der Waals surface area contributed by atoms with Crippen LogP contribution < -0.4 is 14.4 Å². The molecule has 0 aliphatic heterocycles. The molecule has 1 aliphatic carbocycles. The van der Waals surface area contributed by atoms with Gasteiger partial charge in [-0.1, -0.05) is 61.4 Å². The minimum atomic E-state index is -3.81. The van der Waals surface area contributed by atoms with E-state index in [1.165, 1.54) is 4.90 Å². The van der Waals surface area contributed by atoms with Gasteiger partial charge in [0.05, 0.1) is 11.9 Å². The molecule has 1 unspecified atom stereocenters. The fourth-order valence-electron chi connectivity index (χ4n) is 4.67. The van der Waals surface area contributed by atoms with Gasteiger partial charge in [0.2, 0.25) is 21.8 Å². The van der Waals surface area contributed by atoms with E-state index in [0.717, 1.165) is 41.8 Å². The van der Waals surface area contributed by atoms with Crippen LogP contribution in [0.1, 0.15) is 38.2 Å². The summed E-state index contributed by atoms with van der Waals surface area (Å²) in [5.41, 5.74) is 1.17. The molecule has 0 spiro atoms. The molecule has 1 saturated carbocycles. The van der Waals surface area contributed by atoms with Crippen LogP contribution >= 0.6 is 0 Å². The molecule has 0 aromatic heterocycles. The van der Waals surface area contributed by atoms with E-state index in [9.17, 15) is 18.0 Å². The summed E-state index contributed by atoms with van der Waals surface area (Å²) in [4.78, 5) is 28.3. The van der Waals surface area contributed by atoms with Crippen LogP contribution in [-0.2, 0) is 26.2 Å². The first kappa shape index (κ1) is 28.2. The molecule has 3 aromatic carbocycles. The Labute approximate surface area is 230 Å². The van der Waals surface area contributed by atoms with Crippen molar-refractivity contribution in [2.24, 2.45) is 0 Å². The predicted molar refractivity (Wildman–Crippen MR) is 152 cm³/mol. The highest BCUT2D eigenvalue weighted by atomic mass is 32.2. The van der Waals surface area contributed by atoms with Crippen molar-refractivity contribution < 1.29 is 22.7 Å². The maximum absolute atomic E-state index is 13.7. The molecule has 1 aliphatic rings. The Balaban J connectivity index is 1.54. The van der Waals surface area contributed by atoms with Gasteiger partial charge in [-0.2, -0.15) is 0 Å². The highest BCUT2D eigenvalue weighted by Crippen LogP contribution is 2.26. The van der Waals surface area contributed by atoms with E-state index in [0.29, 0.717) is 17.2 Å². The standard InChI is InChI=1S/C30H35N3O5S/c1-23(30(35)31-25-13-9-10-14-25)32(21-24-11-5-3-6-12-24)29(34)22-33(39(2,36)37)26-17-19-28(20-18-26)38-27-15-7-4-8-16-27/h3-8,11-12,15-20,23,25H,9-10,13-14,21-22H2,1-2H3,(H,31,35). The van der Waals surface area contributed by atoms with E-state index in [1.807, 2.05) is 60.7 Å². The molecule has 2 amide bonds. The number of carbonyl (C=O) groups excluding carboxylic acids is 2. The van der Waals surface area contributed by atoms with Crippen molar-refractivity contribution in [3.05, 3.63) is 90.5 Å². The first-order chi connectivity index (χ1) is 18.7. The Hall–Kier alpha value is -3.85. The second-order valence-electron chi connectivity index (χ2n) is 9.85. The van der Waals surface area contributed by atoms with Crippen LogP contribution in [-0.4, -0.2) is 50.0 Å².